The predicted molar refractivity (Wildman–Crippen MR) is 72.3 cm³/mol. The normalized spacial score (nSPS) is 13.7. The first kappa shape index (κ1) is 14.8. The van der Waals surface area contributed by atoms with Crippen LogP contribution in [0.2, 0.25) is 0 Å². The Morgan fingerprint density at radius 3 is 2.39 bits per heavy atom. The smallest absolute Gasteiger partial charge is 0.179 e. The van der Waals surface area contributed by atoms with E-state index in [2.05, 4.69) is 27.7 Å². The summed E-state index contributed by atoms with van der Waals surface area (Å²) in [6.45, 7) is 8.69. The van der Waals surface area contributed by atoms with E-state index in [1.165, 1.54) is 12.1 Å². The molecule has 2 nitrogen and oxygen atoms in total. The minimum Gasteiger partial charge on any atom is -0.296 e. The van der Waals surface area contributed by atoms with E-state index in [0.29, 0.717) is 0 Å². The fourth-order valence-electron chi connectivity index (χ4n) is 1.80. The van der Waals surface area contributed by atoms with Crippen LogP contribution in [0.4, 0.5) is 4.39 Å². The molecule has 3 heteroatoms. The van der Waals surface area contributed by atoms with Gasteiger partial charge in [-0.15, -0.1) is 0 Å². The van der Waals surface area contributed by atoms with Crippen LogP contribution in [-0.2, 0) is 0 Å². The summed E-state index contributed by atoms with van der Waals surface area (Å²) in [6, 6.07) is 6.37. The maximum Gasteiger partial charge on any atom is 0.179 e. The number of rotatable bonds is 4. The molecular formula is C15H22FNO. The highest BCUT2D eigenvalue weighted by molar-refractivity contribution is 5.97. The van der Waals surface area contributed by atoms with Gasteiger partial charge < -0.3 is 0 Å². The Labute approximate surface area is 109 Å². The van der Waals surface area contributed by atoms with Gasteiger partial charge in [0.15, 0.2) is 5.78 Å². The minimum atomic E-state index is -0.445. The van der Waals surface area contributed by atoms with E-state index in [0.717, 1.165) is 0 Å². The first-order chi connectivity index (χ1) is 8.23. The van der Waals surface area contributed by atoms with E-state index in [4.69, 9.17) is 0 Å². The SMILES string of the molecule is CC(N(C)CC(=O)c1ccccc1F)C(C)(C)C. The number of ketones is 1. The molecule has 0 aliphatic heterocycles. The average molecular weight is 251 g/mol. The zero-order chi connectivity index (χ0) is 13.9. The second kappa shape index (κ2) is 5.61. The van der Waals surface area contributed by atoms with Gasteiger partial charge in [-0.3, -0.25) is 9.69 Å². The summed E-state index contributed by atoms with van der Waals surface area (Å²) >= 11 is 0. The van der Waals surface area contributed by atoms with Gasteiger partial charge in [0.1, 0.15) is 5.82 Å². The Kier molecular flexibility index (Phi) is 4.63. The Balaban J connectivity index is 2.75. The molecule has 1 unspecified atom stereocenters. The summed E-state index contributed by atoms with van der Waals surface area (Å²) in [7, 11) is 1.90. The molecule has 100 valence electrons. The molecule has 0 amide bonds. The molecule has 0 aliphatic carbocycles. The molecule has 1 atom stereocenters. The van der Waals surface area contributed by atoms with E-state index in [1.807, 2.05) is 11.9 Å². The zero-order valence-electron chi connectivity index (χ0n) is 11.8. The van der Waals surface area contributed by atoms with Crippen LogP contribution in [0.25, 0.3) is 0 Å². The van der Waals surface area contributed by atoms with Crippen molar-refractivity contribution in [1.82, 2.24) is 4.90 Å². The third kappa shape index (κ3) is 3.64. The second-order valence-corrected chi connectivity index (χ2v) is 5.86. The molecular weight excluding hydrogens is 229 g/mol. The van der Waals surface area contributed by atoms with Gasteiger partial charge in [0.25, 0.3) is 0 Å². The third-order valence-electron chi connectivity index (χ3n) is 3.48. The Morgan fingerprint density at radius 2 is 1.89 bits per heavy atom. The Bertz CT molecular complexity index is 423. The predicted octanol–water partition coefficient (Wildman–Crippen LogP) is 3.37. The fourth-order valence-corrected chi connectivity index (χ4v) is 1.80. The van der Waals surface area contributed by atoms with E-state index in [1.54, 1.807) is 12.1 Å². The molecule has 18 heavy (non-hydrogen) atoms. The highest BCUT2D eigenvalue weighted by atomic mass is 19.1. The number of carbonyl (C=O) groups excluding carboxylic acids is 1. The van der Waals surface area contributed by atoms with Gasteiger partial charge >= 0.3 is 0 Å². The Hall–Kier alpha value is -1.22. The second-order valence-electron chi connectivity index (χ2n) is 5.86. The monoisotopic (exact) mass is 251 g/mol. The quantitative estimate of drug-likeness (QED) is 0.765. The molecule has 0 saturated heterocycles. The summed E-state index contributed by atoms with van der Waals surface area (Å²) < 4.78 is 13.5. The highest BCUT2D eigenvalue weighted by Gasteiger charge is 2.25. The molecule has 0 bridgehead atoms. The number of benzene rings is 1. The van der Waals surface area contributed by atoms with Crippen LogP contribution in [0.5, 0.6) is 0 Å². The van der Waals surface area contributed by atoms with Gasteiger partial charge in [-0.2, -0.15) is 0 Å². The van der Waals surface area contributed by atoms with Crippen molar-refractivity contribution in [1.29, 1.82) is 0 Å². The summed E-state index contributed by atoms with van der Waals surface area (Å²) in [6.07, 6.45) is 0. The van der Waals surface area contributed by atoms with Crippen LogP contribution in [0, 0.1) is 11.2 Å². The number of carbonyl (C=O) groups is 1. The van der Waals surface area contributed by atoms with Gasteiger partial charge in [0.2, 0.25) is 0 Å². The molecule has 0 heterocycles. The molecule has 0 aromatic heterocycles. The van der Waals surface area contributed by atoms with E-state index in [9.17, 15) is 9.18 Å². The molecule has 0 aliphatic rings. The largest absolute Gasteiger partial charge is 0.296 e. The van der Waals surface area contributed by atoms with Gasteiger partial charge in [0.05, 0.1) is 12.1 Å². The summed E-state index contributed by atoms with van der Waals surface area (Å²) in [5.41, 5.74) is 0.259. The van der Waals surface area contributed by atoms with Crippen molar-refractivity contribution < 1.29 is 9.18 Å². The van der Waals surface area contributed by atoms with Crippen LogP contribution in [0.1, 0.15) is 38.1 Å². The van der Waals surface area contributed by atoms with Gasteiger partial charge in [0, 0.05) is 6.04 Å². The lowest BCUT2D eigenvalue weighted by molar-refractivity contribution is 0.0850. The number of hydrogen-bond acceptors (Lipinski definition) is 2. The lowest BCUT2D eigenvalue weighted by Crippen LogP contribution is -2.42. The molecule has 0 fully saturated rings. The lowest BCUT2D eigenvalue weighted by atomic mass is 9.87. The first-order valence-electron chi connectivity index (χ1n) is 6.21. The maximum absolute atomic E-state index is 13.5. The lowest BCUT2D eigenvalue weighted by Gasteiger charge is -2.34. The summed E-state index contributed by atoms with van der Waals surface area (Å²) in [4.78, 5) is 14.0. The zero-order valence-corrected chi connectivity index (χ0v) is 11.8. The van der Waals surface area contributed by atoms with Crippen molar-refractivity contribution >= 4 is 5.78 Å². The van der Waals surface area contributed by atoms with Crippen LogP contribution in [0.3, 0.4) is 0 Å². The Morgan fingerprint density at radius 1 is 1.33 bits per heavy atom. The molecule has 0 spiro atoms. The van der Waals surface area contributed by atoms with Crippen molar-refractivity contribution in [3.05, 3.63) is 35.6 Å². The molecule has 0 N–H and O–H groups in total. The molecule has 1 aromatic carbocycles. The van der Waals surface area contributed by atoms with Crippen LogP contribution in [0.15, 0.2) is 24.3 Å². The standard InChI is InChI=1S/C15H22FNO/c1-11(15(2,3)4)17(5)10-14(18)12-8-6-7-9-13(12)16/h6-9,11H,10H2,1-5H3. The molecule has 1 aromatic rings. The number of nitrogens with zero attached hydrogens (tertiary/aromatic N) is 1. The number of Topliss-reactive ketones (excluding diaryl/α,β-unsaturated/α-hetero) is 1. The van der Waals surface area contributed by atoms with Crippen molar-refractivity contribution in [3.63, 3.8) is 0 Å². The van der Waals surface area contributed by atoms with Gasteiger partial charge in [-0.05, 0) is 31.5 Å². The molecule has 0 saturated carbocycles. The fraction of sp³-hybridized carbons (Fsp3) is 0.533. The van der Waals surface area contributed by atoms with Gasteiger partial charge in [-0.1, -0.05) is 32.9 Å². The first-order valence-corrected chi connectivity index (χ1v) is 6.21. The molecule has 0 radical (unpaired) electrons. The highest BCUT2D eigenvalue weighted by Crippen LogP contribution is 2.23. The summed E-state index contributed by atoms with van der Waals surface area (Å²) in [5.74, 6) is -0.619. The van der Waals surface area contributed by atoms with E-state index >= 15 is 0 Å². The van der Waals surface area contributed by atoms with Crippen molar-refractivity contribution in [3.8, 4) is 0 Å². The van der Waals surface area contributed by atoms with E-state index in [-0.39, 0.29) is 29.3 Å². The molecule has 1 rings (SSSR count). The third-order valence-corrected chi connectivity index (χ3v) is 3.48. The number of likely N-dealkylation sites (N-methyl/N-ethyl adjacent to an activating group) is 1. The van der Waals surface area contributed by atoms with E-state index < -0.39 is 5.82 Å². The van der Waals surface area contributed by atoms with Crippen LogP contribution in [-0.4, -0.2) is 30.3 Å². The van der Waals surface area contributed by atoms with Crippen molar-refractivity contribution in [2.24, 2.45) is 5.41 Å². The summed E-state index contributed by atoms with van der Waals surface area (Å²) in [5, 5.41) is 0. The maximum atomic E-state index is 13.5. The topological polar surface area (TPSA) is 20.3 Å². The van der Waals surface area contributed by atoms with Crippen molar-refractivity contribution in [2.45, 2.75) is 33.7 Å². The van der Waals surface area contributed by atoms with Crippen molar-refractivity contribution in [2.75, 3.05) is 13.6 Å². The number of hydrogen-bond donors (Lipinski definition) is 0. The number of halogens is 1. The van der Waals surface area contributed by atoms with Crippen LogP contribution < -0.4 is 0 Å². The van der Waals surface area contributed by atoms with Crippen LogP contribution >= 0.6 is 0 Å². The van der Waals surface area contributed by atoms with Gasteiger partial charge in [-0.25, -0.2) is 4.39 Å². The minimum absolute atomic E-state index is 0.0876. The average Bonchev–Trinajstić information content (AvgIpc) is 2.27.